The van der Waals surface area contributed by atoms with Gasteiger partial charge in [0, 0.05) is 19.2 Å². The van der Waals surface area contributed by atoms with Crippen LogP contribution in [0.2, 0.25) is 0 Å². The molecule has 0 spiro atoms. The molecule has 0 radical (unpaired) electrons. The van der Waals surface area contributed by atoms with Gasteiger partial charge in [-0.25, -0.2) is 0 Å². The van der Waals surface area contributed by atoms with Crippen molar-refractivity contribution in [2.45, 2.75) is 19.8 Å². The van der Waals surface area contributed by atoms with Gasteiger partial charge < -0.3 is 10.1 Å². The van der Waals surface area contributed by atoms with E-state index in [1.54, 1.807) is 30.8 Å². The average molecular weight is 278 g/mol. The van der Waals surface area contributed by atoms with Gasteiger partial charge >= 0.3 is 0 Å². The molecule has 0 saturated carbocycles. The van der Waals surface area contributed by atoms with Crippen molar-refractivity contribution in [3.8, 4) is 16.3 Å². The largest absolute Gasteiger partial charge is 0.494 e. The Hall–Kier alpha value is -1.53. The molecule has 0 aliphatic carbocycles. The van der Waals surface area contributed by atoms with E-state index in [9.17, 15) is 0 Å². The van der Waals surface area contributed by atoms with Crippen molar-refractivity contribution in [2.75, 3.05) is 20.2 Å². The maximum atomic E-state index is 5.29. The van der Waals surface area contributed by atoms with E-state index >= 15 is 0 Å². The predicted octanol–water partition coefficient (Wildman–Crippen LogP) is 2.15. The summed E-state index contributed by atoms with van der Waals surface area (Å²) in [5.41, 5.74) is 0.947. The van der Waals surface area contributed by atoms with Gasteiger partial charge in [-0.05, 0) is 19.0 Å². The number of pyridine rings is 1. The Balaban J connectivity index is 2.04. The fourth-order valence-corrected chi connectivity index (χ4v) is 2.55. The fraction of sp³-hybridized carbons (Fsp3) is 0.462. The predicted molar refractivity (Wildman–Crippen MR) is 76.6 cm³/mol. The van der Waals surface area contributed by atoms with Crippen LogP contribution in [0.1, 0.15) is 18.4 Å². The summed E-state index contributed by atoms with van der Waals surface area (Å²) in [6.45, 7) is 4.14. The fourth-order valence-electron chi connectivity index (χ4n) is 1.68. The standard InChI is InChI=1S/C13H18N4OS/c1-3-6-14-8-5-12-16-17-13(19-12)10-4-7-15-9-11(10)18-2/h4,7,9,14H,3,5-6,8H2,1-2H3. The maximum absolute atomic E-state index is 5.29. The van der Waals surface area contributed by atoms with E-state index in [1.807, 2.05) is 6.07 Å². The third-order valence-corrected chi connectivity index (χ3v) is 3.66. The van der Waals surface area contributed by atoms with E-state index in [1.165, 1.54) is 0 Å². The van der Waals surface area contributed by atoms with Gasteiger partial charge in [-0.3, -0.25) is 4.98 Å². The van der Waals surface area contributed by atoms with Gasteiger partial charge in [-0.2, -0.15) is 0 Å². The van der Waals surface area contributed by atoms with Crippen molar-refractivity contribution in [1.29, 1.82) is 0 Å². The minimum atomic E-state index is 0.731. The van der Waals surface area contributed by atoms with Gasteiger partial charge in [0.05, 0.1) is 18.9 Å². The molecule has 0 bridgehead atoms. The minimum Gasteiger partial charge on any atom is -0.494 e. The second-order valence-corrected chi connectivity index (χ2v) is 5.14. The van der Waals surface area contributed by atoms with Crippen LogP contribution in [0.4, 0.5) is 0 Å². The minimum absolute atomic E-state index is 0.731. The van der Waals surface area contributed by atoms with Crippen LogP contribution in [0.25, 0.3) is 10.6 Å². The van der Waals surface area contributed by atoms with Gasteiger partial charge in [0.1, 0.15) is 10.8 Å². The second kappa shape index (κ2) is 7.16. The highest BCUT2D eigenvalue weighted by Gasteiger charge is 2.11. The zero-order valence-corrected chi connectivity index (χ0v) is 12.0. The molecule has 6 heteroatoms. The van der Waals surface area contributed by atoms with E-state index in [2.05, 4.69) is 27.4 Å². The summed E-state index contributed by atoms with van der Waals surface area (Å²) in [5.74, 6) is 0.731. The van der Waals surface area contributed by atoms with Crippen LogP contribution < -0.4 is 10.1 Å². The topological polar surface area (TPSA) is 59.9 Å². The van der Waals surface area contributed by atoms with Crippen LogP contribution in [-0.2, 0) is 6.42 Å². The lowest BCUT2D eigenvalue weighted by molar-refractivity contribution is 0.414. The second-order valence-electron chi connectivity index (χ2n) is 4.08. The normalized spacial score (nSPS) is 10.6. The SMILES string of the molecule is CCCNCCc1nnc(-c2ccncc2OC)s1. The lowest BCUT2D eigenvalue weighted by atomic mass is 10.2. The summed E-state index contributed by atoms with van der Waals surface area (Å²) < 4.78 is 5.29. The molecule has 102 valence electrons. The molecule has 0 saturated heterocycles. The Morgan fingerprint density at radius 1 is 1.32 bits per heavy atom. The number of hydrogen-bond donors (Lipinski definition) is 1. The van der Waals surface area contributed by atoms with E-state index < -0.39 is 0 Å². The van der Waals surface area contributed by atoms with Crippen LogP contribution in [0.15, 0.2) is 18.5 Å². The zero-order valence-electron chi connectivity index (χ0n) is 11.2. The average Bonchev–Trinajstić information content (AvgIpc) is 2.92. The molecule has 0 fully saturated rings. The van der Waals surface area contributed by atoms with Gasteiger partial charge in [0.25, 0.3) is 0 Å². The highest BCUT2D eigenvalue weighted by atomic mass is 32.1. The number of ether oxygens (including phenoxy) is 1. The molecule has 2 heterocycles. The first-order valence-electron chi connectivity index (χ1n) is 6.36. The number of nitrogens with one attached hydrogen (secondary N) is 1. The number of nitrogens with zero attached hydrogens (tertiary/aromatic N) is 3. The Morgan fingerprint density at radius 2 is 2.21 bits per heavy atom. The monoisotopic (exact) mass is 278 g/mol. The quantitative estimate of drug-likeness (QED) is 0.786. The molecule has 2 rings (SSSR count). The number of hydrogen-bond acceptors (Lipinski definition) is 6. The summed E-state index contributed by atoms with van der Waals surface area (Å²) in [4.78, 5) is 4.04. The number of rotatable bonds is 7. The molecular weight excluding hydrogens is 260 g/mol. The molecule has 5 nitrogen and oxygen atoms in total. The summed E-state index contributed by atoms with van der Waals surface area (Å²) in [5, 5.41) is 13.7. The summed E-state index contributed by atoms with van der Waals surface area (Å²) >= 11 is 1.60. The third kappa shape index (κ3) is 3.71. The van der Waals surface area contributed by atoms with Crippen molar-refractivity contribution in [3.63, 3.8) is 0 Å². The van der Waals surface area contributed by atoms with Gasteiger partial charge in [-0.1, -0.05) is 18.3 Å². The molecule has 0 unspecified atom stereocenters. The molecule has 19 heavy (non-hydrogen) atoms. The highest BCUT2D eigenvalue weighted by Crippen LogP contribution is 2.30. The Kier molecular flexibility index (Phi) is 5.23. The molecule has 0 amide bonds. The summed E-state index contributed by atoms with van der Waals surface area (Å²) in [6.07, 6.45) is 5.49. The zero-order chi connectivity index (χ0) is 13.5. The summed E-state index contributed by atoms with van der Waals surface area (Å²) in [7, 11) is 1.64. The highest BCUT2D eigenvalue weighted by molar-refractivity contribution is 7.14. The van der Waals surface area contributed by atoms with E-state index in [0.717, 1.165) is 47.3 Å². The Labute approximate surface area is 117 Å². The molecule has 0 aliphatic rings. The first-order chi connectivity index (χ1) is 9.35. The maximum Gasteiger partial charge on any atom is 0.151 e. The van der Waals surface area contributed by atoms with E-state index in [0.29, 0.717) is 0 Å². The van der Waals surface area contributed by atoms with Crippen LogP contribution in [0.5, 0.6) is 5.75 Å². The van der Waals surface area contributed by atoms with Crippen molar-refractivity contribution in [3.05, 3.63) is 23.5 Å². The molecule has 2 aromatic heterocycles. The Morgan fingerprint density at radius 3 is 3.00 bits per heavy atom. The van der Waals surface area contributed by atoms with E-state index in [4.69, 9.17) is 4.74 Å². The van der Waals surface area contributed by atoms with Crippen molar-refractivity contribution >= 4 is 11.3 Å². The molecule has 0 atom stereocenters. The van der Waals surface area contributed by atoms with Crippen molar-refractivity contribution < 1.29 is 4.74 Å². The number of methoxy groups -OCH3 is 1. The summed E-state index contributed by atoms with van der Waals surface area (Å²) in [6, 6.07) is 1.90. The molecule has 1 N–H and O–H groups in total. The molecule has 0 aromatic carbocycles. The van der Waals surface area contributed by atoms with Gasteiger partial charge in [0.2, 0.25) is 0 Å². The third-order valence-electron chi connectivity index (χ3n) is 2.64. The van der Waals surface area contributed by atoms with Crippen molar-refractivity contribution in [2.24, 2.45) is 0 Å². The van der Waals surface area contributed by atoms with Gasteiger partial charge in [0.15, 0.2) is 5.01 Å². The van der Waals surface area contributed by atoms with Gasteiger partial charge in [-0.15, -0.1) is 10.2 Å². The smallest absolute Gasteiger partial charge is 0.151 e. The first-order valence-corrected chi connectivity index (χ1v) is 7.18. The molecule has 2 aromatic rings. The Bertz CT molecular complexity index is 515. The van der Waals surface area contributed by atoms with Crippen LogP contribution >= 0.6 is 11.3 Å². The first kappa shape index (κ1) is 13.9. The molecule has 0 aliphatic heterocycles. The van der Waals surface area contributed by atoms with Crippen LogP contribution in [0.3, 0.4) is 0 Å². The lowest BCUT2D eigenvalue weighted by Gasteiger charge is -2.03. The van der Waals surface area contributed by atoms with E-state index in [-0.39, 0.29) is 0 Å². The van der Waals surface area contributed by atoms with Crippen molar-refractivity contribution in [1.82, 2.24) is 20.5 Å². The lowest BCUT2D eigenvalue weighted by Crippen LogP contribution is -2.17. The van der Waals surface area contributed by atoms with Crippen LogP contribution in [-0.4, -0.2) is 35.4 Å². The molecular formula is C13H18N4OS. The van der Waals surface area contributed by atoms with Crippen LogP contribution in [0, 0.1) is 0 Å². The number of aromatic nitrogens is 3.